The summed E-state index contributed by atoms with van der Waals surface area (Å²) < 4.78 is 30.9. The second kappa shape index (κ2) is 4.74. The number of ether oxygens (including phenoxy) is 1. The fourth-order valence-corrected chi connectivity index (χ4v) is 1.50. The van der Waals surface area contributed by atoms with Gasteiger partial charge in [-0.05, 0) is 35.4 Å². The van der Waals surface area contributed by atoms with Gasteiger partial charge in [-0.2, -0.15) is 0 Å². The van der Waals surface area contributed by atoms with E-state index in [-0.39, 0.29) is 12.2 Å². The molecule has 2 aromatic rings. The summed E-state index contributed by atoms with van der Waals surface area (Å²) in [4.78, 5) is 10.1. The first kappa shape index (κ1) is 11.3. The van der Waals surface area contributed by atoms with E-state index in [0.29, 0.717) is 11.1 Å². The van der Waals surface area contributed by atoms with Gasteiger partial charge in [0.25, 0.3) is 6.47 Å². The predicted molar refractivity (Wildman–Crippen MR) is 58.5 cm³/mol. The lowest BCUT2D eigenvalue weighted by atomic mass is 10.1. The van der Waals surface area contributed by atoms with Crippen LogP contribution in [0.4, 0.5) is 8.78 Å². The lowest BCUT2D eigenvalue weighted by Gasteiger charge is -2.04. The summed E-state index contributed by atoms with van der Waals surface area (Å²) in [7, 11) is 0. The van der Waals surface area contributed by atoms with E-state index in [9.17, 15) is 13.6 Å². The third-order valence-corrected chi connectivity index (χ3v) is 2.26. The van der Waals surface area contributed by atoms with Crippen LogP contribution in [0.5, 0.6) is 5.75 Å². The Morgan fingerprint density at radius 2 is 1.76 bits per heavy atom. The molecule has 0 heterocycles. The molecule has 86 valence electrons. The van der Waals surface area contributed by atoms with Crippen LogP contribution in [-0.2, 0) is 4.79 Å². The molecule has 0 saturated carbocycles. The van der Waals surface area contributed by atoms with E-state index in [2.05, 4.69) is 4.74 Å². The number of rotatable bonds is 3. The summed E-state index contributed by atoms with van der Waals surface area (Å²) in [5, 5.41) is 0. The Kier molecular flexibility index (Phi) is 3.14. The van der Waals surface area contributed by atoms with Crippen LogP contribution >= 0.6 is 0 Å². The molecule has 0 aromatic heterocycles. The van der Waals surface area contributed by atoms with Gasteiger partial charge >= 0.3 is 0 Å². The minimum Gasteiger partial charge on any atom is -0.426 e. The Morgan fingerprint density at radius 3 is 2.41 bits per heavy atom. The number of carbonyl (C=O) groups excluding carboxylic acids is 1. The minimum atomic E-state index is -0.668. The zero-order chi connectivity index (χ0) is 12.3. The average molecular weight is 234 g/mol. The van der Waals surface area contributed by atoms with Crippen molar-refractivity contribution in [1.29, 1.82) is 0 Å². The number of hydrogen-bond donors (Lipinski definition) is 0. The molecule has 2 nitrogen and oxygen atoms in total. The molecule has 0 unspecified atom stereocenters. The number of carbonyl (C=O) groups is 1. The zero-order valence-corrected chi connectivity index (χ0v) is 8.69. The first-order valence-corrected chi connectivity index (χ1v) is 4.86. The fourth-order valence-electron chi connectivity index (χ4n) is 1.50. The quantitative estimate of drug-likeness (QED) is 0.762. The van der Waals surface area contributed by atoms with Gasteiger partial charge in [-0.15, -0.1) is 0 Å². The Hall–Kier alpha value is -2.23. The van der Waals surface area contributed by atoms with Gasteiger partial charge in [-0.1, -0.05) is 18.2 Å². The lowest BCUT2D eigenvalue weighted by Crippen LogP contribution is -1.92. The highest BCUT2D eigenvalue weighted by Gasteiger charge is 2.06. The molecule has 0 amide bonds. The van der Waals surface area contributed by atoms with Crippen molar-refractivity contribution in [2.45, 2.75) is 0 Å². The van der Waals surface area contributed by atoms with Crippen LogP contribution in [0.15, 0.2) is 42.5 Å². The molecule has 0 aliphatic heterocycles. The van der Waals surface area contributed by atoms with Gasteiger partial charge in [-0.25, -0.2) is 8.78 Å². The van der Waals surface area contributed by atoms with Crippen LogP contribution in [0, 0.1) is 11.6 Å². The van der Waals surface area contributed by atoms with E-state index in [0.717, 1.165) is 0 Å². The molecule has 2 rings (SSSR count). The topological polar surface area (TPSA) is 26.3 Å². The van der Waals surface area contributed by atoms with Crippen molar-refractivity contribution >= 4 is 6.47 Å². The monoisotopic (exact) mass is 234 g/mol. The molecule has 0 atom stereocenters. The van der Waals surface area contributed by atoms with E-state index >= 15 is 0 Å². The molecule has 0 N–H and O–H groups in total. The maximum Gasteiger partial charge on any atom is 0.298 e. The highest BCUT2D eigenvalue weighted by molar-refractivity contribution is 5.64. The summed E-state index contributed by atoms with van der Waals surface area (Å²) in [6.07, 6.45) is 0. The van der Waals surface area contributed by atoms with E-state index < -0.39 is 11.6 Å². The van der Waals surface area contributed by atoms with Gasteiger partial charge in [-0.3, -0.25) is 4.79 Å². The molecular weight excluding hydrogens is 226 g/mol. The Morgan fingerprint density at radius 1 is 1.00 bits per heavy atom. The second-order valence-corrected chi connectivity index (χ2v) is 3.37. The van der Waals surface area contributed by atoms with Gasteiger partial charge in [0, 0.05) is 0 Å². The SMILES string of the molecule is O=COc1ccc(-c2cccc(F)c2)cc1F. The molecule has 0 saturated heterocycles. The van der Waals surface area contributed by atoms with Gasteiger partial charge < -0.3 is 4.74 Å². The molecule has 0 radical (unpaired) electrons. The molecule has 4 heteroatoms. The molecule has 17 heavy (non-hydrogen) atoms. The summed E-state index contributed by atoms with van der Waals surface area (Å²) in [5.41, 5.74) is 1.07. The number of benzene rings is 2. The van der Waals surface area contributed by atoms with Gasteiger partial charge in [0.15, 0.2) is 11.6 Å². The molecule has 0 bridgehead atoms. The first-order chi connectivity index (χ1) is 8.20. The molecular formula is C13H8F2O2. The molecule has 0 aliphatic carbocycles. The Labute approximate surface area is 96.5 Å². The van der Waals surface area contributed by atoms with Crippen molar-refractivity contribution in [2.24, 2.45) is 0 Å². The van der Waals surface area contributed by atoms with Crippen molar-refractivity contribution in [3.63, 3.8) is 0 Å². The van der Waals surface area contributed by atoms with Gasteiger partial charge in [0.1, 0.15) is 5.82 Å². The molecule has 0 aliphatic rings. The summed E-state index contributed by atoms with van der Waals surface area (Å²) >= 11 is 0. The Bertz CT molecular complexity index is 553. The van der Waals surface area contributed by atoms with Gasteiger partial charge in [0.2, 0.25) is 0 Å². The Balaban J connectivity index is 2.40. The molecule has 2 aromatic carbocycles. The van der Waals surface area contributed by atoms with Crippen LogP contribution < -0.4 is 4.74 Å². The van der Waals surface area contributed by atoms with E-state index in [1.54, 1.807) is 18.2 Å². The van der Waals surface area contributed by atoms with Crippen LogP contribution in [0.3, 0.4) is 0 Å². The smallest absolute Gasteiger partial charge is 0.298 e. The predicted octanol–water partition coefficient (Wildman–Crippen LogP) is 3.17. The van der Waals surface area contributed by atoms with E-state index in [1.165, 1.54) is 24.3 Å². The van der Waals surface area contributed by atoms with E-state index in [1.807, 2.05) is 0 Å². The third kappa shape index (κ3) is 2.47. The summed E-state index contributed by atoms with van der Waals surface area (Å²) in [6.45, 7) is 0.153. The largest absolute Gasteiger partial charge is 0.426 e. The molecule has 0 fully saturated rings. The van der Waals surface area contributed by atoms with Crippen LogP contribution in [0.2, 0.25) is 0 Å². The van der Waals surface area contributed by atoms with Crippen LogP contribution in [0.25, 0.3) is 11.1 Å². The third-order valence-electron chi connectivity index (χ3n) is 2.26. The summed E-state index contributed by atoms with van der Waals surface area (Å²) in [6, 6.07) is 9.88. The first-order valence-electron chi connectivity index (χ1n) is 4.86. The van der Waals surface area contributed by atoms with Crippen molar-refractivity contribution in [2.75, 3.05) is 0 Å². The van der Waals surface area contributed by atoms with Crippen molar-refractivity contribution < 1.29 is 18.3 Å². The van der Waals surface area contributed by atoms with Crippen molar-refractivity contribution in [3.8, 4) is 16.9 Å². The number of halogens is 2. The standard InChI is InChI=1S/C13H8F2O2/c14-11-3-1-2-9(6-11)10-4-5-13(17-8-16)12(15)7-10/h1-8H. The molecule has 0 spiro atoms. The normalized spacial score (nSPS) is 10.0. The van der Waals surface area contributed by atoms with Crippen molar-refractivity contribution in [1.82, 2.24) is 0 Å². The lowest BCUT2D eigenvalue weighted by molar-refractivity contribution is -0.120. The number of hydrogen-bond acceptors (Lipinski definition) is 2. The van der Waals surface area contributed by atoms with Crippen molar-refractivity contribution in [3.05, 3.63) is 54.1 Å². The second-order valence-electron chi connectivity index (χ2n) is 3.37. The van der Waals surface area contributed by atoms with Gasteiger partial charge in [0.05, 0.1) is 0 Å². The maximum atomic E-state index is 13.4. The maximum absolute atomic E-state index is 13.4. The average Bonchev–Trinajstić information content (AvgIpc) is 2.32. The fraction of sp³-hybridized carbons (Fsp3) is 0. The highest BCUT2D eigenvalue weighted by Crippen LogP contribution is 2.25. The highest BCUT2D eigenvalue weighted by atomic mass is 19.1. The minimum absolute atomic E-state index is 0.153. The van der Waals surface area contributed by atoms with E-state index in [4.69, 9.17) is 0 Å². The van der Waals surface area contributed by atoms with Crippen LogP contribution in [-0.4, -0.2) is 6.47 Å². The zero-order valence-electron chi connectivity index (χ0n) is 8.69. The van der Waals surface area contributed by atoms with Crippen LogP contribution in [0.1, 0.15) is 0 Å². The summed E-state index contributed by atoms with van der Waals surface area (Å²) in [5.74, 6) is -1.21.